The molecule has 0 aliphatic heterocycles. The van der Waals surface area contributed by atoms with Crippen molar-refractivity contribution < 1.29 is 23.4 Å². The Labute approximate surface area is 158 Å². The smallest absolute Gasteiger partial charge is 0.387 e. The molecule has 2 aromatic carbocycles. The summed E-state index contributed by atoms with van der Waals surface area (Å²) in [5.41, 5.74) is 1.73. The molecule has 0 amide bonds. The van der Waals surface area contributed by atoms with E-state index in [1.54, 1.807) is 12.1 Å². The third-order valence-electron chi connectivity index (χ3n) is 4.78. The van der Waals surface area contributed by atoms with Crippen LogP contribution in [-0.2, 0) is 0 Å². The zero-order valence-corrected chi connectivity index (χ0v) is 15.3. The fraction of sp³-hybridized carbons (Fsp3) is 0.429. The predicted molar refractivity (Wildman–Crippen MR) is 100 cm³/mol. The number of nitrogens with one attached hydrogen (secondary N) is 1. The van der Waals surface area contributed by atoms with Crippen LogP contribution in [0.25, 0.3) is 0 Å². The SMILES string of the molecule is C[C@H](Nc1ccc(O[C@@H]2CCCC[C@H]2O)cc1)c1cccc(OC(F)F)c1. The molecule has 146 valence electrons. The average molecular weight is 377 g/mol. The fourth-order valence-corrected chi connectivity index (χ4v) is 3.31. The molecule has 1 aliphatic carbocycles. The maximum Gasteiger partial charge on any atom is 0.387 e. The van der Waals surface area contributed by atoms with Gasteiger partial charge in [0.05, 0.1) is 6.10 Å². The monoisotopic (exact) mass is 377 g/mol. The van der Waals surface area contributed by atoms with Gasteiger partial charge < -0.3 is 19.9 Å². The van der Waals surface area contributed by atoms with Crippen molar-refractivity contribution in [3.63, 3.8) is 0 Å². The zero-order valence-electron chi connectivity index (χ0n) is 15.3. The van der Waals surface area contributed by atoms with Crippen molar-refractivity contribution in [2.24, 2.45) is 0 Å². The van der Waals surface area contributed by atoms with Crippen molar-refractivity contribution in [1.29, 1.82) is 0 Å². The standard InChI is InChI=1S/C21H25F2NO3/c1-14(15-5-4-6-18(13-15)27-21(22)23)24-16-9-11-17(12-10-16)26-20-8-3-2-7-19(20)25/h4-6,9-14,19-21,24-25H,2-3,7-8H2,1H3/t14-,19+,20+/m0/s1. The lowest BCUT2D eigenvalue weighted by atomic mass is 9.95. The second kappa shape index (κ2) is 9.04. The number of aliphatic hydroxyl groups is 1. The van der Waals surface area contributed by atoms with Crippen molar-refractivity contribution in [1.82, 2.24) is 0 Å². The summed E-state index contributed by atoms with van der Waals surface area (Å²) in [7, 11) is 0. The average Bonchev–Trinajstić information content (AvgIpc) is 2.65. The lowest BCUT2D eigenvalue weighted by Crippen LogP contribution is -2.34. The Kier molecular flexibility index (Phi) is 6.50. The minimum absolute atomic E-state index is 0.0850. The molecule has 1 saturated carbocycles. The number of ether oxygens (including phenoxy) is 2. The largest absolute Gasteiger partial charge is 0.488 e. The predicted octanol–water partition coefficient (Wildman–Crippen LogP) is 5.14. The highest BCUT2D eigenvalue weighted by atomic mass is 19.3. The summed E-state index contributed by atoms with van der Waals surface area (Å²) in [5.74, 6) is 0.873. The number of halogens is 2. The third-order valence-corrected chi connectivity index (χ3v) is 4.78. The van der Waals surface area contributed by atoms with Crippen LogP contribution in [0.15, 0.2) is 48.5 Å². The van der Waals surface area contributed by atoms with Crippen LogP contribution in [0.1, 0.15) is 44.2 Å². The normalized spacial score (nSPS) is 20.9. The summed E-state index contributed by atoms with van der Waals surface area (Å²) in [6.45, 7) is -0.886. The number of rotatable bonds is 7. The first kappa shape index (κ1) is 19.4. The highest BCUT2D eigenvalue weighted by Gasteiger charge is 2.24. The van der Waals surface area contributed by atoms with Gasteiger partial charge in [-0.05, 0) is 68.1 Å². The van der Waals surface area contributed by atoms with E-state index in [2.05, 4.69) is 10.1 Å². The van der Waals surface area contributed by atoms with E-state index in [-0.39, 0.29) is 17.9 Å². The summed E-state index contributed by atoms with van der Waals surface area (Å²) < 4.78 is 35.1. The number of aliphatic hydroxyl groups excluding tert-OH is 1. The number of hydrogen-bond donors (Lipinski definition) is 2. The molecular formula is C21H25F2NO3. The van der Waals surface area contributed by atoms with E-state index in [9.17, 15) is 13.9 Å². The Balaban J connectivity index is 1.59. The van der Waals surface area contributed by atoms with Gasteiger partial charge in [-0.15, -0.1) is 0 Å². The molecule has 2 N–H and O–H groups in total. The van der Waals surface area contributed by atoms with Gasteiger partial charge in [-0.25, -0.2) is 0 Å². The van der Waals surface area contributed by atoms with Gasteiger partial charge in [0.1, 0.15) is 17.6 Å². The van der Waals surface area contributed by atoms with Crippen molar-refractivity contribution in [2.75, 3.05) is 5.32 Å². The summed E-state index contributed by atoms with van der Waals surface area (Å²) in [5, 5.41) is 13.3. The van der Waals surface area contributed by atoms with Gasteiger partial charge in [0, 0.05) is 11.7 Å². The Hall–Kier alpha value is -2.34. The first-order valence-corrected chi connectivity index (χ1v) is 9.27. The molecule has 0 radical (unpaired) electrons. The molecule has 2 aromatic rings. The van der Waals surface area contributed by atoms with Crippen molar-refractivity contribution >= 4 is 5.69 Å². The van der Waals surface area contributed by atoms with E-state index < -0.39 is 12.7 Å². The molecule has 0 saturated heterocycles. The maximum atomic E-state index is 12.4. The van der Waals surface area contributed by atoms with Crippen molar-refractivity contribution in [3.8, 4) is 11.5 Å². The van der Waals surface area contributed by atoms with Crippen LogP contribution in [0.2, 0.25) is 0 Å². The molecule has 4 nitrogen and oxygen atoms in total. The van der Waals surface area contributed by atoms with Crippen LogP contribution in [0.5, 0.6) is 11.5 Å². The second-order valence-electron chi connectivity index (χ2n) is 6.85. The molecular weight excluding hydrogens is 352 g/mol. The molecule has 0 bridgehead atoms. The number of hydrogen-bond acceptors (Lipinski definition) is 4. The summed E-state index contributed by atoms with van der Waals surface area (Å²) in [6.07, 6.45) is 3.23. The molecule has 3 rings (SSSR count). The third kappa shape index (κ3) is 5.57. The van der Waals surface area contributed by atoms with Crippen LogP contribution >= 0.6 is 0 Å². The van der Waals surface area contributed by atoms with Gasteiger partial charge in [0.2, 0.25) is 0 Å². The van der Waals surface area contributed by atoms with Gasteiger partial charge in [-0.1, -0.05) is 18.6 Å². The second-order valence-corrected chi connectivity index (χ2v) is 6.85. The molecule has 1 fully saturated rings. The topological polar surface area (TPSA) is 50.7 Å². The number of anilines is 1. The Bertz CT molecular complexity index is 724. The van der Waals surface area contributed by atoms with Crippen LogP contribution in [0.3, 0.4) is 0 Å². The van der Waals surface area contributed by atoms with E-state index >= 15 is 0 Å². The minimum atomic E-state index is -2.83. The Morgan fingerprint density at radius 3 is 2.48 bits per heavy atom. The summed E-state index contributed by atoms with van der Waals surface area (Å²) in [6, 6.07) is 14.1. The van der Waals surface area contributed by atoms with Gasteiger partial charge in [-0.2, -0.15) is 8.78 Å². The molecule has 0 unspecified atom stereocenters. The Morgan fingerprint density at radius 1 is 1.04 bits per heavy atom. The minimum Gasteiger partial charge on any atom is -0.488 e. The first-order valence-electron chi connectivity index (χ1n) is 9.27. The lowest BCUT2D eigenvalue weighted by Gasteiger charge is -2.28. The van der Waals surface area contributed by atoms with E-state index in [0.717, 1.165) is 42.7 Å². The molecule has 1 aliphatic rings. The van der Waals surface area contributed by atoms with Gasteiger partial charge in [0.25, 0.3) is 0 Å². The number of benzene rings is 2. The molecule has 27 heavy (non-hydrogen) atoms. The quantitative estimate of drug-likeness (QED) is 0.701. The summed E-state index contributed by atoms with van der Waals surface area (Å²) in [4.78, 5) is 0. The van der Waals surface area contributed by atoms with Crippen molar-refractivity contribution in [3.05, 3.63) is 54.1 Å². The highest BCUT2D eigenvalue weighted by molar-refractivity contribution is 5.48. The fourth-order valence-electron chi connectivity index (χ4n) is 3.31. The van der Waals surface area contributed by atoms with E-state index in [4.69, 9.17) is 4.74 Å². The molecule has 0 aromatic heterocycles. The highest BCUT2D eigenvalue weighted by Crippen LogP contribution is 2.27. The Morgan fingerprint density at radius 2 is 1.78 bits per heavy atom. The van der Waals surface area contributed by atoms with E-state index in [0.29, 0.717) is 0 Å². The molecule has 0 heterocycles. The molecule has 3 atom stereocenters. The lowest BCUT2D eigenvalue weighted by molar-refractivity contribution is -0.0498. The van der Waals surface area contributed by atoms with Crippen LogP contribution in [0.4, 0.5) is 14.5 Å². The van der Waals surface area contributed by atoms with Crippen molar-refractivity contribution in [2.45, 2.75) is 57.5 Å². The van der Waals surface area contributed by atoms with Crippen LogP contribution in [-0.4, -0.2) is 23.9 Å². The van der Waals surface area contributed by atoms with Gasteiger partial charge in [0.15, 0.2) is 0 Å². The maximum absolute atomic E-state index is 12.4. The summed E-state index contributed by atoms with van der Waals surface area (Å²) >= 11 is 0. The number of alkyl halides is 2. The zero-order chi connectivity index (χ0) is 19.2. The molecule has 6 heteroatoms. The van der Waals surface area contributed by atoms with E-state index in [1.165, 1.54) is 6.07 Å². The van der Waals surface area contributed by atoms with E-state index in [1.807, 2.05) is 37.3 Å². The molecule has 0 spiro atoms. The van der Waals surface area contributed by atoms with Gasteiger partial charge >= 0.3 is 6.61 Å². The van der Waals surface area contributed by atoms with Crippen LogP contribution < -0.4 is 14.8 Å². The van der Waals surface area contributed by atoms with Crippen LogP contribution in [0, 0.1) is 0 Å². The first-order chi connectivity index (χ1) is 13.0. The van der Waals surface area contributed by atoms with Gasteiger partial charge in [-0.3, -0.25) is 0 Å².